The minimum atomic E-state index is 0.0749. The Morgan fingerprint density at radius 2 is 2.20 bits per heavy atom. The van der Waals surface area contributed by atoms with Gasteiger partial charge in [0.2, 0.25) is 0 Å². The molecule has 0 atom stereocenters. The van der Waals surface area contributed by atoms with Crippen molar-refractivity contribution >= 4 is 0 Å². The molecule has 10 heavy (non-hydrogen) atoms. The fraction of sp³-hybridized carbons (Fsp3) is 1.00. The third-order valence-corrected chi connectivity index (χ3v) is 0.730. The van der Waals surface area contributed by atoms with Crippen LogP contribution in [0.2, 0.25) is 0 Å². The van der Waals surface area contributed by atoms with E-state index in [0.717, 1.165) is 0 Å². The molecule has 0 aliphatic heterocycles. The maximum Gasteiger partial charge on any atom is 0.0837 e. The Bertz CT molecular complexity index is 55.2. The standard InChI is InChI=1S/C4H14N4O2/c5-6-2-4-10-8-7-1-3-9/h6-9H,1-5H2. The molecule has 0 aromatic heterocycles. The molecule has 0 radical (unpaired) electrons. The fourth-order valence-corrected chi connectivity index (χ4v) is 0.319. The van der Waals surface area contributed by atoms with Gasteiger partial charge in [-0.25, -0.2) is 5.43 Å². The van der Waals surface area contributed by atoms with Gasteiger partial charge in [0.15, 0.2) is 0 Å². The Morgan fingerprint density at radius 3 is 2.80 bits per heavy atom. The summed E-state index contributed by atoms with van der Waals surface area (Å²) >= 11 is 0. The van der Waals surface area contributed by atoms with E-state index < -0.39 is 0 Å². The molecule has 0 saturated carbocycles. The molecular formula is C4H14N4O2. The second-order valence-electron chi connectivity index (χ2n) is 1.56. The highest BCUT2D eigenvalue weighted by molar-refractivity contribution is 4.31. The summed E-state index contributed by atoms with van der Waals surface area (Å²) in [4.78, 5) is 4.76. The Hall–Kier alpha value is -0.240. The van der Waals surface area contributed by atoms with Crippen LogP contribution >= 0.6 is 0 Å². The molecule has 0 spiro atoms. The average molecular weight is 150 g/mol. The van der Waals surface area contributed by atoms with Gasteiger partial charge in [-0.3, -0.25) is 16.1 Å². The SMILES string of the molecule is NNCCONNCCO. The normalized spacial score (nSPS) is 10.2. The number of hydrazine groups is 2. The molecular weight excluding hydrogens is 136 g/mol. The number of aliphatic hydroxyl groups excluding tert-OH is 1. The molecule has 0 saturated heterocycles. The van der Waals surface area contributed by atoms with Gasteiger partial charge in [0.25, 0.3) is 0 Å². The minimum Gasteiger partial charge on any atom is -0.395 e. The molecule has 0 aliphatic carbocycles. The summed E-state index contributed by atoms with van der Waals surface area (Å²) in [5, 5.41) is 8.28. The molecule has 0 aromatic carbocycles. The first-order valence-electron chi connectivity index (χ1n) is 3.05. The maximum absolute atomic E-state index is 8.28. The maximum atomic E-state index is 8.28. The molecule has 6 heteroatoms. The van der Waals surface area contributed by atoms with Crippen molar-refractivity contribution in [3.05, 3.63) is 0 Å². The molecule has 0 bridgehead atoms. The van der Waals surface area contributed by atoms with E-state index in [9.17, 15) is 0 Å². The van der Waals surface area contributed by atoms with Crippen LogP contribution in [0.25, 0.3) is 0 Å². The number of rotatable bonds is 7. The van der Waals surface area contributed by atoms with Crippen molar-refractivity contribution in [1.29, 1.82) is 0 Å². The number of nitrogens with one attached hydrogen (secondary N) is 3. The van der Waals surface area contributed by atoms with E-state index in [1.807, 2.05) is 0 Å². The van der Waals surface area contributed by atoms with Crippen molar-refractivity contribution in [1.82, 2.24) is 16.4 Å². The third-order valence-electron chi connectivity index (χ3n) is 0.730. The van der Waals surface area contributed by atoms with Crippen LogP contribution in [-0.4, -0.2) is 31.4 Å². The van der Waals surface area contributed by atoms with Crippen LogP contribution < -0.4 is 22.3 Å². The van der Waals surface area contributed by atoms with E-state index in [4.69, 9.17) is 15.8 Å². The molecule has 0 aliphatic rings. The van der Waals surface area contributed by atoms with Crippen molar-refractivity contribution in [2.24, 2.45) is 5.84 Å². The van der Waals surface area contributed by atoms with Gasteiger partial charge in [-0.2, -0.15) is 0 Å². The van der Waals surface area contributed by atoms with E-state index in [0.29, 0.717) is 19.7 Å². The molecule has 0 aromatic rings. The zero-order valence-corrected chi connectivity index (χ0v) is 5.76. The second-order valence-corrected chi connectivity index (χ2v) is 1.56. The topological polar surface area (TPSA) is 91.6 Å². The lowest BCUT2D eigenvalue weighted by Crippen LogP contribution is -2.37. The van der Waals surface area contributed by atoms with E-state index in [2.05, 4.69) is 16.4 Å². The van der Waals surface area contributed by atoms with Gasteiger partial charge in [-0.1, -0.05) is 0 Å². The van der Waals surface area contributed by atoms with Crippen molar-refractivity contribution in [2.45, 2.75) is 0 Å². The van der Waals surface area contributed by atoms with Crippen molar-refractivity contribution in [3.8, 4) is 0 Å². The van der Waals surface area contributed by atoms with Crippen LogP contribution in [0.5, 0.6) is 0 Å². The minimum absolute atomic E-state index is 0.0749. The molecule has 62 valence electrons. The summed E-state index contributed by atoms with van der Waals surface area (Å²) in [5.74, 6) is 4.95. The van der Waals surface area contributed by atoms with Gasteiger partial charge >= 0.3 is 0 Å². The predicted molar refractivity (Wildman–Crippen MR) is 36.4 cm³/mol. The summed E-state index contributed by atoms with van der Waals surface area (Å²) in [6, 6.07) is 0. The first-order chi connectivity index (χ1) is 4.91. The average Bonchev–Trinajstić information content (AvgIpc) is 1.97. The van der Waals surface area contributed by atoms with Crippen molar-refractivity contribution in [3.63, 3.8) is 0 Å². The number of hydrogen-bond acceptors (Lipinski definition) is 6. The lowest BCUT2D eigenvalue weighted by Gasteiger charge is -2.04. The highest BCUT2D eigenvalue weighted by atomic mass is 16.7. The quantitative estimate of drug-likeness (QED) is 0.156. The van der Waals surface area contributed by atoms with Crippen LogP contribution in [0, 0.1) is 0 Å². The Balaban J connectivity index is 2.65. The largest absolute Gasteiger partial charge is 0.395 e. The smallest absolute Gasteiger partial charge is 0.0837 e. The van der Waals surface area contributed by atoms with Crippen molar-refractivity contribution < 1.29 is 9.94 Å². The van der Waals surface area contributed by atoms with E-state index in [1.165, 1.54) is 0 Å². The molecule has 6 N–H and O–H groups in total. The predicted octanol–water partition coefficient (Wildman–Crippen LogP) is -2.53. The number of nitrogens with two attached hydrogens (primary N) is 1. The number of hydrogen-bond donors (Lipinski definition) is 5. The second kappa shape index (κ2) is 8.76. The Labute approximate surface area is 59.6 Å². The van der Waals surface area contributed by atoms with Crippen molar-refractivity contribution in [2.75, 3.05) is 26.3 Å². The summed E-state index contributed by atoms with van der Waals surface area (Å²) in [6.07, 6.45) is 0. The van der Waals surface area contributed by atoms with Crippen LogP contribution in [0.4, 0.5) is 0 Å². The number of aliphatic hydroxyl groups is 1. The molecule has 6 nitrogen and oxygen atoms in total. The summed E-state index contributed by atoms with van der Waals surface area (Å²) in [6.45, 7) is 1.57. The third kappa shape index (κ3) is 7.76. The van der Waals surface area contributed by atoms with Crippen LogP contribution in [0.15, 0.2) is 0 Å². The molecule has 0 rings (SSSR count). The van der Waals surface area contributed by atoms with Gasteiger partial charge in [-0.15, -0.1) is 5.59 Å². The first-order valence-corrected chi connectivity index (χ1v) is 3.05. The zero-order valence-electron chi connectivity index (χ0n) is 5.76. The summed E-state index contributed by atoms with van der Waals surface area (Å²) < 4.78 is 0. The summed E-state index contributed by atoms with van der Waals surface area (Å²) in [5.41, 5.74) is 7.44. The van der Waals surface area contributed by atoms with Gasteiger partial charge in [0, 0.05) is 13.1 Å². The molecule has 0 unspecified atom stereocenters. The van der Waals surface area contributed by atoms with Gasteiger partial charge in [0.05, 0.1) is 13.2 Å². The van der Waals surface area contributed by atoms with E-state index in [-0.39, 0.29) is 6.61 Å². The van der Waals surface area contributed by atoms with Gasteiger partial charge in [0.1, 0.15) is 0 Å². The Morgan fingerprint density at radius 1 is 1.40 bits per heavy atom. The lowest BCUT2D eigenvalue weighted by atomic mass is 10.7. The fourth-order valence-electron chi connectivity index (χ4n) is 0.319. The molecule has 0 fully saturated rings. The molecule has 0 amide bonds. The van der Waals surface area contributed by atoms with E-state index >= 15 is 0 Å². The van der Waals surface area contributed by atoms with E-state index in [1.54, 1.807) is 0 Å². The van der Waals surface area contributed by atoms with Gasteiger partial charge < -0.3 is 5.11 Å². The Kier molecular flexibility index (Phi) is 8.55. The van der Waals surface area contributed by atoms with Crippen LogP contribution in [-0.2, 0) is 4.84 Å². The molecule has 0 heterocycles. The first kappa shape index (κ1) is 9.76. The van der Waals surface area contributed by atoms with Crippen LogP contribution in [0.3, 0.4) is 0 Å². The zero-order chi connectivity index (χ0) is 7.66. The van der Waals surface area contributed by atoms with Gasteiger partial charge in [-0.05, 0) is 0 Å². The summed E-state index contributed by atoms with van der Waals surface area (Å²) in [7, 11) is 0. The highest BCUT2D eigenvalue weighted by Crippen LogP contribution is 1.59. The lowest BCUT2D eigenvalue weighted by molar-refractivity contribution is 0.0102. The monoisotopic (exact) mass is 150 g/mol. The highest BCUT2D eigenvalue weighted by Gasteiger charge is 1.83. The van der Waals surface area contributed by atoms with Crippen LogP contribution in [0.1, 0.15) is 0 Å².